The van der Waals surface area contributed by atoms with Crippen LogP contribution in [-0.2, 0) is 32.5 Å². The molecule has 1 atom stereocenters. The summed E-state index contributed by atoms with van der Waals surface area (Å²) in [5, 5.41) is 2.74. The third kappa shape index (κ3) is 7.09. The van der Waals surface area contributed by atoms with Crippen LogP contribution in [0.4, 0.5) is 5.69 Å². The van der Waals surface area contributed by atoms with Crippen molar-refractivity contribution in [2.24, 2.45) is 0 Å². The van der Waals surface area contributed by atoms with Crippen LogP contribution in [-0.4, -0.2) is 57.1 Å². The lowest BCUT2D eigenvalue weighted by Gasteiger charge is -2.31. The molecule has 0 radical (unpaired) electrons. The molecule has 2 aromatic carbocycles. The first-order chi connectivity index (χ1) is 15.2. The van der Waals surface area contributed by atoms with Gasteiger partial charge in [0.2, 0.25) is 21.8 Å². The average molecular weight is 460 g/mol. The Labute approximate surface area is 191 Å². The molecule has 0 fully saturated rings. The maximum Gasteiger partial charge on any atom is 0.244 e. The van der Waals surface area contributed by atoms with Crippen LogP contribution in [0, 0.1) is 0 Å². The quantitative estimate of drug-likeness (QED) is 0.560. The van der Waals surface area contributed by atoms with Crippen molar-refractivity contribution in [3.05, 3.63) is 65.7 Å². The fourth-order valence-electron chi connectivity index (χ4n) is 3.40. The van der Waals surface area contributed by atoms with Crippen molar-refractivity contribution in [1.29, 1.82) is 0 Å². The number of nitrogens with zero attached hydrogens (tertiary/aromatic N) is 2. The number of aryl methyl sites for hydroxylation is 1. The highest BCUT2D eigenvalue weighted by Crippen LogP contribution is 2.19. The molecule has 7 nitrogen and oxygen atoms in total. The van der Waals surface area contributed by atoms with Crippen LogP contribution in [0.25, 0.3) is 0 Å². The molecule has 0 saturated carbocycles. The zero-order chi connectivity index (χ0) is 23.7. The predicted molar refractivity (Wildman–Crippen MR) is 128 cm³/mol. The van der Waals surface area contributed by atoms with E-state index in [0.717, 1.165) is 28.1 Å². The zero-order valence-corrected chi connectivity index (χ0v) is 20.1. The van der Waals surface area contributed by atoms with Crippen LogP contribution in [0.1, 0.15) is 31.9 Å². The largest absolute Gasteiger partial charge is 0.355 e. The molecule has 2 aromatic rings. The Morgan fingerprint density at radius 3 is 2.12 bits per heavy atom. The van der Waals surface area contributed by atoms with E-state index >= 15 is 0 Å². The van der Waals surface area contributed by atoms with E-state index < -0.39 is 22.0 Å². The highest BCUT2D eigenvalue weighted by Gasteiger charge is 2.29. The van der Waals surface area contributed by atoms with E-state index in [4.69, 9.17) is 0 Å². The van der Waals surface area contributed by atoms with E-state index in [1.165, 1.54) is 4.90 Å². The molecule has 0 aliphatic heterocycles. The molecule has 0 unspecified atom stereocenters. The van der Waals surface area contributed by atoms with E-state index in [1.807, 2.05) is 56.3 Å². The Balaban J connectivity index is 2.28. The minimum Gasteiger partial charge on any atom is -0.355 e. The van der Waals surface area contributed by atoms with Crippen molar-refractivity contribution in [2.45, 2.75) is 39.7 Å². The second-order valence-corrected chi connectivity index (χ2v) is 9.59. The highest BCUT2D eigenvalue weighted by molar-refractivity contribution is 7.92. The molecule has 1 N–H and O–H groups in total. The van der Waals surface area contributed by atoms with Crippen molar-refractivity contribution in [3.8, 4) is 0 Å². The molecule has 174 valence electrons. The summed E-state index contributed by atoms with van der Waals surface area (Å²) in [5.74, 6) is -0.697. The molecule has 0 bridgehead atoms. The summed E-state index contributed by atoms with van der Waals surface area (Å²) in [6, 6.07) is 16.0. The predicted octanol–water partition coefficient (Wildman–Crippen LogP) is 2.61. The van der Waals surface area contributed by atoms with Gasteiger partial charge in [0.1, 0.15) is 12.6 Å². The van der Waals surface area contributed by atoms with E-state index in [-0.39, 0.29) is 12.5 Å². The van der Waals surface area contributed by atoms with Gasteiger partial charge >= 0.3 is 0 Å². The van der Waals surface area contributed by atoms with Crippen LogP contribution in [0.2, 0.25) is 0 Å². The number of carbonyl (C=O) groups is 2. The van der Waals surface area contributed by atoms with Crippen LogP contribution in [0.15, 0.2) is 54.6 Å². The normalized spacial score (nSPS) is 12.1. The molecule has 2 rings (SSSR count). The first kappa shape index (κ1) is 25.4. The smallest absolute Gasteiger partial charge is 0.244 e. The number of amides is 2. The summed E-state index contributed by atoms with van der Waals surface area (Å²) < 4.78 is 26.1. The number of carbonyl (C=O) groups excluding carboxylic acids is 2. The topological polar surface area (TPSA) is 86.8 Å². The molecular formula is C24H33N3O4S. The number of nitrogens with one attached hydrogen (secondary N) is 1. The van der Waals surface area contributed by atoms with Gasteiger partial charge in [-0.2, -0.15) is 0 Å². The maximum atomic E-state index is 13.3. The van der Waals surface area contributed by atoms with Crippen LogP contribution >= 0.6 is 0 Å². The molecule has 0 aliphatic rings. The lowest BCUT2D eigenvalue weighted by molar-refractivity contribution is -0.138. The minimum atomic E-state index is -3.70. The second kappa shape index (κ2) is 11.7. The standard InChI is InChI=1S/C24H33N3O4S/c1-5-20-12-14-22(15-13-20)27(32(4,30)31)18-23(28)26(19(3)24(29)25-6-2)17-16-21-10-8-7-9-11-21/h7-15,19H,5-6,16-18H2,1-4H3,(H,25,29)/t19-/m1/s1. The number of sulfonamides is 1. The summed E-state index contributed by atoms with van der Waals surface area (Å²) in [5.41, 5.74) is 2.53. The zero-order valence-electron chi connectivity index (χ0n) is 19.2. The number of hydrogen-bond donors (Lipinski definition) is 1. The Morgan fingerprint density at radius 1 is 0.969 bits per heavy atom. The molecule has 2 amide bonds. The first-order valence-corrected chi connectivity index (χ1v) is 12.7. The molecular weight excluding hydrogens is 426 g/mol. The SMILES string of the molecule is CCNC(=O)[C@@H](C)N(CCc1ccccc1)C(=O)CN(c1ccc(CC)cc1)S(C)(=O)=O. The molecule has 0 heterocycles. The van der Waals surface area contributed by atoms with Crippen LogP contribution in [0.5, 0.6) is 0 Å². The van der Waals surface area contributed by atoms with Gasteiger partial charge in [0.25, 0.3) is 0 Å². The number of benzene rings is 2. The van der Waals surface area contributed by atoms with Crippen LogP contribution in [0.3, 0.4) is 0 Å². The van der Waals surface area contributed by atoms with E-state index in [9.17, 15) is 18.0 Å². The van der Waals surface area contributed by atoms with Crippen molar-refractivity contribution in [1.82, 2.24) is 10.2 Å². The average Bonchev–Trinajstić information content (AvgIpc) is 2.77. The van der Waals surface area contributed by atoms with Gasteiger partial charge in [-0.15, -0.1) is 0 Å². The van der Waals surface area contributed by atoms with Crippen molar-refractivity contribution < 1.29 is 18.0 Å². The fraction of sp³-hybridized carbons (Fsp3) is 0.417. The minimum absolute atomic E-state index is 0.271. The maximum absolute atomic E-state index is 13.3. The van der Waals surface area contributed by atoms with Crippen LogP contribution < -0.4 is 9.62 Å². The first-order valence-electron chi connectivity index (χ1n) is 10.8. The van der Waals surface area contributed by atoms with Gasteiger partial charge in [-0.3, -0.25) is 13.9 Å². The van der Waals surface area contributed by atoms with E-state index in [0.29, 0.717) is 25.2 Å². The Kier molecular flexibility index (Phi) is 9.26. The van der Waals surface area contributed by atoms with Gasteiger partial charge < -0.3 is 10.2 Å². The Bertz CT molecular complexity index is 992. The summed E-state index contributed by atoms with van der Waals surface area (Å²) >= 11 is 0. The summed E-state index contributed by atoms with van der Waals surface area (Å²) in [4.78, 5) is 27.2. The third-order valence-electron chi connectivity index (χ3n) is 5.31. The summed E-state index contributed by atoms with van der Waals surface area (Å²) in [7, 11) is -3.70. The van der Waals surface area contributed by atoms with Gasteiger partial charge in [-0.05, 0) is 49.9 Å². The van der Waals surface area contributed by atoms with E-state index in [2.05, 4.69) is 5.32 Å². The van der Waals surface area contributed by atoms with E-state index in [1.54, 1.807) is 19.1 Å². The monoisotopic (exact) mass is 459 g/mol. The van der Waals surface area contributed by atoms with Gasteiger partial charge in [-0.1, -0.05) is 49.4 Å². The lowest BCUT2D eigenvalue weighted by atomic mass is 10.1. The summed E-state index contributed by atoms with van der Waals surface area (Å²) in [6.45, 7) is 5.86. The third-order valence-corrected chi connectivity index (χ3v) is 6.45. The molecule has 0 aliphatic carbocycles. The fourth-order valence-corrected chi connectivity index (χ4v) is 4.25. The van der Waals surface area contributed by atoms with Gasteiger partial charge in [0.05, 0.1) is 11.9 Å². The molecule has 0 spiro atoms. The van der Waals surface area contributed by atoms with Crippen molar-refractivity contribution in [3.63, 3.8) is 0 Å². The lowest BCUT2D eigenvalue weighted by Crippen LogP contribution is -2.52. The number of rotatable bonds is 11. The van der Waals surface area contributed by atoms with Gasteiger partial charge in [-0.25, -0.2) is 8.42 Å². The highest BCUT2D eigenvalue weighted by atomic mass is 32.2. The molecule has 0 saturated heterocycles. The number of hydrogen-bond acceptors (Lipinski definition) is 4. The molecule has 8 heteroatoms. The van der Waals surface area contributed by atoms with Gasteiger partial charge in [0, 0.05) is 13.1 Å². The van der Waals surface area contributed by atoms with Gasteiger partial charge in [0.15, 0.2) is 0 Å². The van der Waals surface area contributed by atoms with Crippen molar-refractivity contribution >= 4 is 27.5 Å². The summed E-state index contributed by atoms with van der Waals surface area (Å²) in [6.07, 6.45) is 2.46. The number of anilines is 1. The Morgan fingerprint density at radius 2 is 1.59 bits per heavy atom. The Hall–Kier alpha value is -2.87. The second-order valence-electron chi connectivity index (χ2n) is 7.68. The molecule has 32 heavy (non-hydrogen) atoms. The number of likely N-dealkylation sites (N-methyl/N-ethyl adjacent to an activating group) is 1. The van der Waals surface area contributed by atoms with Crippen molar-refractivity contribution in [2.75, 3.05) is 30.2 Å². The molecule has 0 aromatic heterocycles.